The molecule has 1 saturated heterocycles. The minimum absolute atomic E-state index is 0.0520. The standard InChI is InChI=1S/C19H23N3O4/c1-25-19(24)22-11-5-10-21(12-13-22)18(23)9-8-17-20-14-16(26-17)15-6-3-2-4-7-15/h2-4,6-7,14H,5,8-13H2,1H3. The van der Waals surface area contributed by atoms with Crippen LogP contribution in [-0.2, 0) is 16.0 Å². The smallest absolute Gasteiger partial charge is 0.409 e. The van der Waals surface area contributed by atoms with Gasteiger partial charge in [-0.25, -0.2) is 9.78 Å². The summed E-state index contributed by atoms with van der Waals surface area (Å²) in [5.41, 5.74) is 0.966. The van der Waals surface area contributed by atoms with E-state index in [1.807, 2.05) is 30.3 Å². The zero-order valence-corrected chi connectivity index (χ0v) is 14.9. The predicted molar refractivity (Wildman–Crippen MR) is 95.4 cm³/mol. The number of rotatable bonds is 4. The third kappa shape index (κ3) is 4.41. The van der Waals surface area contributed by atoms with Gasteiger partial charge in [-0.05, 0) is 6.42 Å². The molecule has 7 nitrogen and oxygen atoms in total. The van der Waals surface area contributed by atoms with Crippen molar-refractivity contribution in [1.82, 2.24) is 14.8 Å². The molecule has 0 saturated carbocycles. The molecule has 1 fully saturated rings. The van der Waals surface area contributed by atoms with Crippen molar-refractivity contribution in [2.45, 2.75) is 19.3 Å². The average Bonchev–Trinajstić information content (AvgIpc) is 3.02. The second kappa shape index (κ2) is 8.51. The van der Waals surface area contributed by atoms with E-state index in [0.29, 0.717) is 50.7 Å². The highest BCUT2D eigenvalue weighted by atomic mass is 16.5. The van der Waals surface area contributed by atoms with Crippen molar-refractivity contribution in [3.63, 3.8) is 0 Å². The lowest BCUT2D eigenvalue weighted by Crippen LogP contribution is -2.37. The third-order valence-electron chi connectivity index (χ3n) is 4.45. The van der Waals surface area contributed by atoms with Gasteiger partial charge in [-0.3, -0.25) is 4.79 Å². The Morgan fingerprint density at radius 1 is 1.12 bits per heavy atom. The van der Waals surface area contributed by atoms with Crippen molar-refractivity contribution in [3.05, 3.63) is 42.4 Å². The van der Waals surface area contributed by atoms with Crippen LogP contribution in [0.1, 0.15) is 18.7 Å². The number of carbonyl (C=O) groups excluding carboxylic acids is 2. The van der Waals surface area contributed by atoms with E-state index in [0.717, 1.165) is 12.0 Å². The van der Waals surface area contributed by atoms with Gasteiger partial charge in [-0.2, -0.15) is 0 Å². The van der Waals surface area contributed by atoms with Crippen LogP contribution >= 0.6 is 0 Å². The molecule has 138 valence electrons. The molecule has 0 radical (unpaired) electrons. The number of oxazole rings is 1. The van der Waals surface area contributed by atoms with E-state index in [9.17, 15) is 9.59 Å². The van der Waals surface area contributed by atoms with Gasteiger partial charge in [0.15, 0.2) is 11.7 Å². The molecule has 1 aliphatic heterocycles. The van der Waals surface area contributed by atoms with E-state index in [4.69, 9.17) is 9.15 Å². The summed E-state index contributed by atoms with van der Waals surface area (Å²) in [5, 5.41) is 0. The first kappa shape index (κ1) is 18.0. The van der Waals surface area contributed by atoms with Gasteiger partial charge in [-0.1, -0.05) is 30.3 Å². The molecule has 0 bridgehead atoms. The highest BCUT2D eigenvalue weighted by Gasteiger charge is 2.22. The molecule has 0 spiro atoms. The summed E-state index contributed by atoms with van der Waals surface area (Å²) in [7, 11) is 1.37. The molecule has 2 heterocycles. The zero-order chi connectivity index (χ0) is 18.4. The number of methoxy groups -OCH3 is 1. The van der Waals surface area contributed by atoms with Crippen LogP contribution in [0.3, 0.4) is 0 Å². The molecule has 2 aromatic rings. The van der Waals surface area contributed by atoms with E-state index in [1.54, 1.807) is 16.0 Å². The monoisotopic (exact) mass is 357 g/mol. The number of hydrogen-bond acceptors (Lipinski definition) is 5. The molecule has 3 rings (SSSR count). The molecule has 26 heavy (non-hydrogen) atoms. The summed E-state index contributed by atoms with van der Waals surface area (Å²) in [6.45, 7) is 2.27. The number of amides is 2. The van der Waals surface area contributed by atoms with Crippen LogP contribution in [0.4, 0.5) is 4.79 Å². The van der Waals surface area contributed by atoms with Crippen LogP contribution in [0.5, 0.6) is 0 Å². The van der Waals surface area contributed by atoms with Crippen LogP contribution in [0, 0.1) is 0 Å². The molecule has 1 aliphatic rings. The van der Waals surface area contributed by atoms with Crippen LogP contribution in [0.25, 0.3) is 11.3 Å². The first-order valence-corrected chi connectivity index (χ1v) is 8.78. The van der Waals surface area contributed by atoms with E-state index in [-0.39, 0.29) is 12.0 Å². The van der Waals surface area contributed by atoms with Crippen LogP contribution in [0.15, 0.2) is 40.9 Å². The lowest BCUT2D eigenvalue weighted by atomic mass is 10.2. The van der Waals surface area contributed by atoms with Gasteiger partial charge in [-0.15, -0.1) is 0 Å². The van der Waals surface area contributed by atoms with E-state index in [1.165, 1.54) is 7.11 Å². The SMILES string of the molecule is COC(=O)N1CCCN(C(=O)CCc2ncc(-c3ccccc3)o2)CC1. The fraction of sp³-hybridized carbons (Fsp3) is 0.421. The van der Waals surface area contributed by atoms with Gasteiger partial charge in [0.05, 0.1) is 13.3 Å². The summed E-state index contributed by atoms with van der Waals surface area (Å²) in [6.07, 6.45) is 2.90. The van der Waals surface area contributed by atoms with Crippen molar-refractivity contribution in [2.75, 3.05) is 33.3 Å². The largest absolute Gasteiger partial charge is 0.453 e. The molecular formula is C19H23N3O4. The summed E-state index contributed by atoms with van der Waals surface area (Å²) < 4.78 is 10.5. The van der Waals surface area contributed by atoms with E-state index >= 15 is 0 Å². The molecule has 0 N–H and O–H groups in total. The Morgan fingerprint density at radius 3 is 2.62 bits per heavy atom. The van der Waals surface area contributed by atoms with Crippen molar-refractivity contribution < 1.29 is 18.7 Å². The quantitative estimate of drug-likeness (QED) is 0.841. The van der Waals surface area contributed by atoms with Crippen LogP contribution in [0.2, 0.25) is 0 Å². The fourth-order valence-electron chi connectivity index (χ4n) is 3.01. The predicted octanol–water partition coefficient (Wildman–Crippen LogP) is 2.57. The first-order chi connectivity index (χ1) is 12.7. The number of benzene rings is 1. The number of aryl methyl sites for hydroxylation is 1. The second-order valence-corrected chi connectivity index (χ2v) is 6.18. The van der Waals surface area contributed by atoms with Gasteiger partial charge < -0.3 is 19.0 Å². The Morgan fingerprint density at radius 2 is 1.85 bits per heavy atom. The molecule has 2 amide bonds. The molecule has 0 aliphatic carbocycles. The Bertz CT molecular complexity index is 744. The zero-order valence-electron chi connectivity index (χ0n) is 14.9. The van der Waals surface area contributed by atoms with Gasteiger partial charge in [0.1, 0.15) is 0 Å². The summed E-state index contributed by atoms with van der Waals surface area (Å²) in [5.74, 6) is 1.32. The Labute approximate surface area is 152 Å². The van der Waals surface area contributed by atoms with Gasteiger partial charge in [0.2, 0.25) is 5.91 Å². The number of ether oxygens (including phenoxy) is 1. The van der Waals surface area contributed by atoms with E-state index < -0.39 is 0 Å². The van der Waals surface area contributed by atoms with Crippen molar-refractivity contribution >= 4 is 12.0 Å². The lowest BCUT2D eigenvalue weighted by molar-refractivity contribution is -0.131. The Balaban J connectivity index is 1.51. The topological polar surface area (TPSA) is 75.9 Å². The molecule has 0 atom stereocenters. The van der Waals surface area contributed by atoms with Gasteiger partial charge in [0.25, 0.3) is 0 Å². The summed E-state index contributed by atoms with van der Waals surface area (Å²) in [4.78, 5) is 31.8. The normalized spacial score (nSPS) is 14.8. The highest BCUT2D eigenvalue weighted by molar-refractivity contribution is 5.76. The lowest BCUT2D eigenvalue weighted by Gasteiger charge is -2.21. The molecule has 1 aromatic heterocycles. The fourth-order valence-corrected chi connectivity index (χ4v) is 3.01. The van der Waals surface area contributed by atoms with Crippen LogP contribution < -0.4 is 0 Å². The number of hydrogen-bond donors (Lipinski definition) is 0. The maximum Gasteiger partial charge on any atom is 0.409 e. The average molecular weight is 357 g/mol. The number of aromatic nitrogens is 1. The van der Waals surface area contributed by atoms with Crippen molar-refractivity contribution in [2.24, 2.45) is 0 Å². The van der Waals surface area contributed by atoms with Crippen molar-refractivity contribution in [3.8, 4) is 11.3 Å². The second-order valence-electron chi connectivity index (χ2n) is 6.18. The Kier molecular flexibility index (Phi) is 5.88. The van der Waals surface area contributed by atoms with Crippen molar-refractivity contribution in [1.29, 1.82) is 0 Å². The number of carbonyl (C=O) groups is 2. The first-order valence-electron chi connectivity index (χ1n) is 8.78. The molecular weight excluding hydrogens is 334 g/mol. The minimum atomic E-state index is -0.340. The van der Waals surface area contributed by atoms with Gasteiger partial charge in [0, 0.05) is 44.6 Å². The summed E-state index contributed by atoms with van der Waals surface area (Å²) >= 11 is 0. The summed E-state index contributed by atoms with van der Waals surface area (Å²) in [6, 6.07) is 9.75. The third-order valence-corrected chi connectivity index (χ3v) is 4.45. The molecule has 1 aromatic carbocycles. The van der Waals surface area contributed by atoms with Gasteiger partial charge >= 0.3 is 6.09 Å². The highest BCUT2D eigenvalue weighted by Crippen LogP contribution is 2.20. The number of nitrogens with zero attached hydrogens (tertiary/aromatic N) is 3. The van der Waals surface area contributed by atoms with Crippen LogP contribution in [-0.4, -0.2) is 60.1 Å². The maximum absolute atomic E-state index is 12.5. The molecule has 7 heteroatoms. The Hall–Kier alpha value is -2.83. The van der Waals surface area contributed by atoms with E-state index in [2.05, 4.69) is 4.98 Å². The molecule has 0 unspecified atom stereocenters. The minimum Gasteiger partial charge on any atom is -0.453 e. The maximum atomic E-state index is 12.5.